The maximum Gasteiger partial charge on any atom is 0.303 e. The number of aliphatic hydroxyl groups is 1. The van der Waals surface area contributed by atoms with Crippen molar-refractivity contribution in [3.63, 3.8) is 0 Å². The number of amides is 1. The van der Waals surface area contributed by atoms with E-state index in [-0.39, 0.29) is 24.7 Å². The van der Waals surface area contributed by atoms with Crippen molar-refractivity contribution in [3.05, 3.63) is 65.2 Å². The quantitative estimate of drug-likeness (QED) is 0.436. The number of methoxy groups -OCH3 is 1. The van der Waals surface area contributed by atoms with Gasteiger partial charge in [-0.15, -0.1) is 0 Å². The molecule has 2 aliphatic heterocycles. The molecule has 0 aromatic heterocycles. The highest BCUT2D eigenvalue weighted by atomic mass is 16.7. The molecule has 2 aromatic rings. The largest absolute Gasteiger partial charge is 0.453 e. The van der Waals surface area contributed by atoms with Crippen LogP contribution in [0.25, 0.3) is 0 Å². The van der Waals surface area contributed by atoms with Crippen molar-refractivity contribution in [2.24, 2.45) is 5.92 Å². The topological polar surface area (TPSA) is 107 Å². The third kappa shape index (κ3) is 7.43. The van der Waals surface area contributed by atoms with Gasteiger partial charge < -0.3 is 29.4 Å². The minimum atomic E-state index is -0.912. The molecule has 39 heavy (non-hydrogen) atoms. The Balaban J connectivity index is 1.57. The molecule has 4 rings (SSSR count). The number of rotatable bonds is 10. The highest BCUT2D eigenvalue weighted by Gasteiger charge is 2.40. The van der Waals surface area contributed by atoms with Gasteiger partial charge >= 0.3 is 5.97 Å². The maximum atomic E-state index is 12.5. The van der Waals surface area contributed by atoms with Crippen LogP contribution >= 0.6 is 0 Å². The Hall–Kier alpha value is -2.82. The number of hydrogen-bond donors (Lipinski definition) is 2. The van der Waals surface area contributed by atoms with Gasteiger partial charge in [-0.2, -0.15) is 0 Å². The van der Waals surface area contributed by atoms with Crippen molar-refractivity contribution in [1.82, 2.24) is 4.90 Å². The van der Waals surface area contributed by atoms with Gasteiger partial charge in [-0.3, -0.25) is 14.5 Å². The van der Waals surface area contributed by atoms with E-state index < -0.39 is 24.3 Å². The fraction of sp³-hybridized carbons (Fsp3) is 0.533. The van der Waals surface area contributed by atoms with Crippen molar-refractivity contribution in [2.45, 2.75) is 70.9 Å². The number of carbonyl (C=O) groups excluding carboxylic acids is 2. The number of carbonyl (C=O) groups is 2. The van der Waals surface area contributed by atoms with E-state index in [0.29, 0.717) is 18.3 Å². The Morgan fingerprint density at radius 1 is 1.15 bits per heavy atom. The van der Waals surface area contributed by atoms with Crippen LogP contribution in [0, 0.1) is 5.92 Å². The van der Waals surface area contributed by atoms with Gasteiger partial charge in [0.15, 0.2) is 12.4 Å². The number of anilines is 1. The van der Waals surface area contributed by atoms with Gasteiger partial charge in [-0.25, -0.2) is 0 Å². The molecule has 212 valence electrons. The lowest BCUT2D eigenvalue weighted by molar-refractivity contribution is -0.276. The van der Waals surface area contributed by atoms with Crippen molar-refractivity contribution in [2.75, 3.05) is 32.1 Å². The predicted molar refractivity (Wildman–Crippen MR) is 146 cm³/mol. The van der Waals surface area contributed by atoms with Gasteiger partial charge in [-0.1, -0.05) is 43.3 Å². The number of nitrogens with zero attached hydrogens (tertiary/aromatic N) is 1. The summed E-state index contributed by atoms with van der Waals surface area (Å²) in [4.78, 5) is 26.2. The molecule has 9 heteroatoms. The van der Waals surface area contributed by atoms with E-state index in [1.165, 1.54) is 13.8 Å². The zero-order valence-electron chi connectivity index (χ0n) is 23.2. The molecule has 6 atom stereocenters. The molecule has 2 aromatic carbocycles. The van der Waals surface area contributed by atoms with Gasteiger partial charge in [0.1, 0.15) is 0 Å². The summed E-state index contributed by atoms with van der Waals surface area (Å²) in [5.41, 5.74) is 3.20. The van der Waals surface area contributed by atoms with Crippen LogP contribution in [-0.2, 0) is 35.1 Å². The third-order valence-corrected chi connectivity index (χ3v) is 7.53. The molecule has 0 saturated carbocycles. The molecule has 2 heterocycles. The van der Waals surface area contributed by atoms with E-state index in [1.807, 2.05) is 42.5 Å². The van der Waals surface area contributed by atoms with Gasteiger partial charge in [0.2, 0.25) is 0 Å². The molecule has 2 aliphatic rings. The molecule has 0 unspecified atom stereocenters. The molecule has 9 nitrogen and oxygen atoms in total. The van der Waals surface area contributed by atoms with Crippen molar-refractivity contribution in [3.8, 4) is 0 Å². The smallest absolute Gasteiger partial charge is 0.303 e. The average Bonchev–Trinajstić information content (AvgIpc) is 3.36. The van der Waals surface area contributed by atoms with Crippen LogP contribution in [0.4, 0.5) is 5.69 Å². The summed E-state index contributed by atoms with van der Waals surface area (Å²) >= 11 is 0. The molecular formula is C30H40N2O7. The summed E-state index contributed by atoms with van der Waals surface area (Å²) in [5, 5.41) is 12.3. The molecular weight excluding hydrogens is 500 g/mol. The summed E-state index contributed by atoms with van der Waals surface area (Å²) in [7, 11) is 1.74. The van der Waals surface area contributed by atoms with Crippen LogP contribution in [0.1, 0.15) is 62.7 Å². The second-order valence-electron chi connectivity index (χ2n) is 10.4. The van der Waals surface area contributed by atoms with E-state index in [1.54, 1.807) is 13.2 Å². The monoisotopic (exact) mass is 540 g/mol. The zero-order chi connectivity index (χ0) is 27.9. The predicted octanol–water partition coefficient (Wildman–Crippen LogP) is 3.97. The lowest BCUT2D eigenvalue weighted by Gasteiger charge is -2.43. The highest BCUT2D eigenvalue weighted by Crippen LogP contribution is 2.42. The number of hydrogen-bond acceptors (Lipinski definition) is 8. The zero-order valence-corrected chi connectivity index (χ0v) is 23.2. The summed E-state index contributed by atoms with van der Waals surface area (Å²) in [6.45, 7) is 7.40. The maximum absolute atomic E-state index is 12.5. The fourth-order valence-corrected chi connectivity index (χ4v) is 5.39. The number of nitrogens with one attached hydrogen (secondary N) is 1. The molecule has 2 N–H and O–H groups in total. The Bertz CT molecular complexity index is 1110. The van der Waals surface area contributed by atoms with E-state index >= 15 is 0 Å². The summed E-state index contributed by atoms with van der Waals surface area (Å²) in [5.74, 6) is -0.865. The molecule has 0 aliphatic carbocycles. The fourth-order valence-electron chi connectivity index (χ4n) is 5.39. The molecule has 0 bridgehead atoms. The second-order valence-corrected chi connectivity index (χ2v) is 10.4. The van der Waals surface area contributed by atoms with Crippen molar-refractivity contribution >= 4 is 17.6 Å². The van der Waals surface area contributed by atoms with Gasteiger partial charge in [0, 0.05) is 43.8 Å². The number of esters is 1. The van der Waals surface area contributed by atoms with Crippen molar-refractivity contribution in [1.29, 1.82) is 0 Å². The standard InChI is InChI=1S/C30H40N2O7/c1-19-27(16-32-14-6-9-26(32)18-36-4)38-30(39-28(19)23-12-10-22(17-33)11-13-23)24-7-5-8-25(15-24)31-29(35)20(2)37-21(3)34/h5,7-8,10-13,15,19-20,26-28,30,33H,6,9,14,16-18H2,1-4H3,(H,31,35)/t19-,20+,26+,27+,28+,30+/m1/s1. The second kappa shape index (κ2) is 13.5. The van der Waals surface area contributed by atoms with E-state index in [9.17, 15) is 14.7 Å². The normalized spacial score (nSPS) is 26.2. The summed E-state index contributed by atoms with van der Waals surface area (Å²) in [6, 6.07) is 15.6. The Kier molecular flexibility index (Phi) is 10.1. The Morgan fingerprint density at radius 3 is 2.62 bits per heavy atom. The van der Waals surface area contributed by atoms with Gasteiger partial charge in [0.05, 0.1) is 25.4 Å². The average molecular weight is 541 g/mol. The van der Waals surface area contributed by atoms with Crippen molar-refractivity contribution < 1.29 is 33.6 Å². The third-order valence-electron chi connectivity index (χ3n) is 7.53. The molecule has 0 radical (unpaired) electrons. The molecule has 1 amide bonds. The summed E-state index contributed by atoms with van der Waals surface area (Å²) < 4.78 is 23.6. The number of benzene rings is 2. The van der Waals surface area contributed by atoms with E-state index in [4.69, 9.17) is 18.9 Å². The van der Waals surface area contributed by atoms with Crippen LogP contribution in [0.2, 0.25) is 0 Å². The first kappa shape index (κ1) is 29.2. The Morgan fingerprint density at radius 2 is 1.92 bits per heavy atom. The first-order valence-electron chi connectivity index (χ1n) is 13.6. The van der Waals surface area contributed by atoms with Gasteiger partial charge in [-0.05, 0) is 49.6 Å². The van der Waals surface area contributed by atoms with Crippen LogP contribution in [0.15, 0.2) is 48.5 Å². The molecule has 0 spiro atoms. The van der Waals surface area contributed by atoms with Crippen LogP contribution in [0.5, 0.6) is 0 Å². The van der Waals surface area contributed by atoms with E-state index in [0.717, 1.165) is 42.6 Å². The van der Waals surface area contributed by atoms with E-state index in [2.05, 4.69) is 17.1 Å². The molecule has 2 saturated heterocycles. The summed E-state index contributed by atoms with van der Waals surface area (Å²) in [6.07, 6.45) is 0.340. The first-order chi connectivity index (χ1) is 18.8. The SMILES string of the molecule is COC[C@@H]1CCCN1C[C@@H]1O[C@H](c2cccc(NC(=O)[C@H](C)OC(C)=O)c2)O[C@H](c2ccc(CO)cc2)[C@@H]1C. The number of aliphatic hydroxyl groups excluding tert-OH is 1. The Labute approximate surface area is 230 Å². The lowest BCUT2D eigenvalue weighted by atomic mass is 9.90. The van der Waals surface area contributed by atoms with Crippen LogP contribution < -0.4 is 5.32 Å². The number of likely N-dealkylation sites (tertiary alicyclic amines) is 1. The van der Waals surface area contributed by atoms with Crippen LogP contribution in [0.3, 0.4) is 0 Å². The minimum absolute atomic E-state index is 0.0137. The highest BCUT2D eigenvalue weighted by molar-refractivity contribution is 5.95. The minimum Gasteiger partial charge on any atom is -0.453 e. The lowest BCUT2D eigenvalue weighted by Crippen LogP contribution is -2.46. The molecule has 2 fully saturated rings. The number of ether oxygens (including phenoxy) is 4. The first-order valence-corrected chi connectivity index (χ1v) is 13.6. The van der Waals surface area contributed by atoms with Crippen LogP contribution in [-0.4, -0.2) is 66.9 Å². The van der Waals surface area contributed by atoms with Gasteiger partial charge in [0.25, 0.3) is 5.91 Å².